The van der Waals surface area contributed by atoms with Crippen molar-refractivity contribution in [2.75, 3.05) is 43.1 Å². The number of methoxy groups -OCH3 is 1. The summed E-state index contributed by atoms with van der Waals surface area (Å²) in [6, 6.07) is 13.1. The topological polar surface area (TPSA) is 96.2 Å². The molecule has 0 spiro atoms. The number of fused-ring (bicyclic) bond motifs is 1. The molecule has 6 rings (SSSR count). The Balaban J connectivity index is 1.52. The van der Waals surface area contributed by atoms with E-state index in [-0.39, 0.29) is 34.8 Å². The number of rotatable bonds is 5. The SMILES string of the molecule is CO[C@H]1CCN(c2ccc(-n3c(-c4ccc(C#N)cc4F)nc4c(N5CCC[C@@H](N)C5)ccnc43)c(F)c2)C1. The van der Waals surface area contributed by atoms with Crippen LogP contribution in [0.25, 0.3) is 28.2 Å². The molecule has 2 fully saturated rings. The normalized spacial score (nSPS) is 19.6. The van der Waals surface area contributed by atoms with Crippen LogP contribution in [0.4, 0.5) is 20.2 Å². The van der Waals surface area contributed by atoms with Crippen LogP contribution in [0.15, 0.2) is 48.7 Å². The van der Waals surface area contributed by atoms with Gasteiger partial charge in [0.25, 0.3) is 0 Å². The third-order valence-electron chi connectivity index (χ3n) is 7.68. The molecule has 0 radical (unpaired) electrons. The number of nitriles is 1. The zero-order chi connectivity index (χ0) is 27.1. The van der Waals surface area contributed by atoms with E-state index in [2.05, 4.69) is 14.8 Å². The van der Waals surface area contributed by atoms with E-state index in [1.807, 2.05) is 18.2 Å². The van der Waals surface area contributed by atoms with Crippen LogP contribution >= 0.6 is 0 Å². The molecular weight excluding hydrogens is 500 g/mol. The number of ether oxygens (including phenoxy) is 1. The van der Waals surface area contributed by atoms with Gasteiger partial charge < -0.3 is 20.3 Å². The van der Waals surface area contributed by atoms with E-state index in [1.165, 1.54) is 18.2 Å². The summed E-state index contributed by atoms with van der Waals surface area (Å²) in [6.07, 6.45) is 4.54. The molecule has 2 atom stereocenters. The Hall–Kier alpha value is -4.07. The Morgan fingerprint density at radius 2 is 1.87 bits per heavy atom. The molecule has 2 aromatic carbocycles. The summed E-state index contributed by atoms with van der Waals surface area (Å²) < 4.78 is 38.3. The van der Waals surface area contributed by atoms with Gasteiger partial charge in [0.1, 0.15) is 23.0 Å². The highest BCUT2D eigenvalue weighted by Crippen LogP contribution is 2.36. The Bertz CT molecular complexity index is 1580. The lowest BCUT2D eigenvalue weighted by Crippen LogP contribution is -2.42. The third kappa shape index (κ3) is 4.58. The van der Waals surface area contributed by atoms with Gasteiger partial charge in [0, 0.05) is 51.2 Å². The van der Waals surface area contributed by atoms with Gasteiger partial charge in [-0.2, -0.15) is 5.26 Å². The molecule has 2 aliphatic rings. The zero-order valence-electron chi connectivity index (χ0n) is 21.6. The van der Waals surface area contributed by atoms with E-state index in [9.17, 15) is 5.26 Å². The fraction of sp³-hybridized carbons (Fsp3) is 0.345. The first-order valence-corrected chi connectivity index (χ1v) is 13.1. The van der Waals surface area contributed by atoms with Gasteiger partial charge in [0.2, 0.25) is 0 Å². The Morgan fingerprint density at radius 1 is 1.00 bits per heavy atom. The predicted molar refractivity (Wildman–Crippen MR) is 146 cm³/mol. The molecule has 200 valence electrons. The molecule has 4 aromatic rings. The first-order chi connectivity index (χ1) is 19.0. The fourth-order valence-electron chi connectivity index (χ4n) is 5.65. The van der Waals surface area contributed by atoms with Gasteiger partial charge >= 0.3 is 0 Å². The van der Waals surface area contributed by atoms with Gasteiger partial charge in [-0.05, 0) is 61.7 Å². The molecule has 0 aliphatic carbocycles. The number of halogens is 2. The summed E-state index contributed by atoms with van der Waals surface area (Å²) in [6.45, 7) is 2.93. The number of anilines is 2. The number of hydrogen-bond acceptors (Lipinski definition) is 7. The Kier molecular flexibility index (Phi) is 6.62. The highest BCUT2D eigenvalue weighted by Gasteiger charge is 2.27. The van der Waals surface area contributed by atoms with Gasteiger partial charge in [-0.25, -0.2) is 18.7 Å². The van der Waals surface area contributed by atoms with E-state index in [0.717, 1.165) is 49.8 Å². The minimum atomic E-state index is -0.619. The van der Waals surface area contributed by atoms with Crippen molar-refractivity contribution >= 4 is 22.5 Å². The van der Waals surface area contributed by atoms with Crippen molar-refractivity contribution in [2.45, 2.75) is 31.4 Å². The summed E-state index contributed by atoms with van der Waals surface area (Å²) in [5.41, 5.74) is 9.33. The van der Waals surface area contributed by atoms with Crippen LogP contribution in [0.5, 0.6) is 0 Å². The monoisotopic (exact) mass is 529 g/mol. The molecule has 2 N–H and O–H groups in total. The average Bonchev–Trinajstić information content (AvgIpc) is 3.58. The van der Waals surface area contributed by atoms with E-state index in [0.29, 0.717) is 24.3 Å². The van der Waals surface area contributed by atoms with Crippen molar-refractivity contribution in [3.8, 4) is 23.1 Å². The molecule has 0 saturated carbocycles. The van der Waals surface area contributed by atoms with Gasteiger partial charge in [0.15, 0.2) is 5.65 Å². The smallest absolute Gasteiger partial charge is 0.167 e. The number of hydrogen-bond donors (Lipinski definition) is 1. The van der Waals surface area contributed by atoms with E-state index >= 15 is 8.78 Å². The second kappa shape index (κ2) is 10.2. The molecule has 10 heteroatoms. The molecule has 0 bridgehead atoms. The Labute approximate surface area is 225 Å². The first kappa shape index (κ1) is 25.2. The number of imidazole rings is 1. The molecule has 39 heavy (non-hydrogen) atoms. The summed E-state index contributed by atoms with van der Waals surface area (Å²) in [7, 11) is 1.69. The van der Waals surface area contributed by atoms with Gasteiger partial charge in [0.05, 0.1) is 34.7 Å². The molecule has 2 aromatic heterocycles. The zero-order valence-corrected chi connectivity index (χ0v) is 21.6. The van der Waals surface area contributed by atoms with Gasteiger partial charge in [-0.1, -0.05) is 0 Å². The van der Waals surface area contributed by atoms with Crippen molar-refractivity contribution in [1.29, 1.82) is 5.26 Å². The lowest BCUT2D eigenvalue weighted by molar-refractivity contribution is 0.121. The van der Waals surface area contributed by atoms with Crippen LogP contribution in [0, 0.1) is 23.0 Å². The molecule has 0 amide bonds. The van der Waals surface area contributed by atoms with Crippen LogP contribution in [0.2, 0.25) is 0 Å². The van der Waals surface area contributed by atoms with Gasteiger partial charge in [-0.3, -0.25) is 4.57 Å². The maximum atomic E-state index is 15.9. The number of nitrogens with two attached hydrogens (primary N) is 1. The summed E-state index contributed by atoms with van der Waals surface area (Å²) >= 11 is 0. The fourth-order valence-corrected chi connectivity index (χ4v) is 5.65. The number of benzene rings is 2. The number of aromatic nitrogens is 3. The summed E-state index contributed by atoms with van der Waals surface area (Å²) in [5, 5.41) is 9.23. The van der Waals surface area contributed by atoms with Crippen molar-refractivity contribution in [3.63, 3.8) is 0 Å². The van der Waals surface area contributed by atoms with E-state index < -0.39 is 11.6 Å². The average molecular weight is 530 g/mol. The second-order valence-corrected chi connectivity index (χ2v) is 10.2. The number of pyridine rings is 1. The highest BCUT2D eigenvalue weighted by molar-refractivity contribution is 5.91. The first-order valence-electron chi connectivity index (χ1n) is 13.1. The maximum Gasteiger partial charge on any atom is 0.167 e. The molecule has 2 aliphatic heterocycles. The molecule has 8 nitrogen and oxygen atoms in total. The molecule has 2 saturated heterocycles. The minimum Gasteiger partial charge on any atom is -0.380 e. The van der Waals surface area contributed by atoms with Crippen LogP contribution in [-0.4, -0.2) is 60.0 Å². The highest BCUT2D eigenvalue weighted by atomic mass is 19.1. The molecule has 4 heterocycles. The van der Waals surface area contributed by atoms with Crippen LogP contribution < -0.4 is 15.5 Å². The quantitative estimate of drug-likeness (QED) is 0.410. The summed E-state index contributed by atoms with van der Waals surface area (Å²) in [5.74, 6) is -0.887. The van der Waals surface area contributed by atoms with E-state index in [1.54, 1.807) is 23.9 Å². The van der Waals surface area contributed by atoms with Crippen molar-refractivity contribution < 1.29 is 13.5 Å². The van der Waals surface area contributed by atoms with Crippen molar-refractivity contribution in [2.24, 2.45) is 5.73 Å². The summed E-state index contributed by atoms with van der Waals surface area (Å²) in [4.78, 5) is 13.7. The Morgan fingerprint density at radius 3 is 2.59 bits per heavy atom. The lowest BCUT2D eigenvalue weighted by atomic mass is 10.1. The lowest BCUT2D eigenvalue weighted by Gasteiger charge is -2.32. The molecule has 0 unspecified atom stereocenters. The van der Waals surface area contributed by atoms with Crippen molar-refractivity contribution in [3.05, 3.63) is 65.9 Å². The van der Waals surface area contributed by atoms with Crippen LogP contribution in [0.3, 0.4) is 0 Å². The molecular formula is C29H29F2N7O. The van der Waals surface area contributed by atoms with Crippen molar-refractivity contribution in [1.82, 2.24) is 14.5 Å². The maximum absolute atomic E-state index is 15.9. The third-order valence-corrected chi connectivity index (χ3v) is 7.68. The second-order valence-electron chi connectivity index (χ2n) is 10.2. The van der Waals surface area contributed by atoms with Gasteiger partial charge in [-0.15, -0.1) is 0 Å². The van der Waals surface area contributed by atoms with Crippen LogP contribution in [0.1, 0.15) is 24.8 Å². The minimum absolute atomic E-state index is 0.0350. The largest absolute Gasteiger partial charge is 0.380 e. The van der Waals surface area contributed by atoms with E-state index in [4.69, 9.17) is 15.5 Å². The predicted octanol–water partition coefficient (Wildman–Crippen LogP) is 4.39. The number of piperidine rings is 1. The number of nitrogens with zero attached hydrogens (tertiary/aromatic N) is 6. The standard InChI is InChI=1S/C29H29F2N7O/c1-39-21-9-12-36(17-21)20-5-7-25(24(31)14-20)38-28(22-6-4-18(15-32)13-23(22)30)35-27-26(8-10-34-29(27)38)37-11-2-3-19(33)16-37/h4-8,10,13-14,19,21H,2-3,9,11-12,16-17,33H2,1H3/t19-,21+/m1/s1. The van der Waals surface area contributed by atoms with Crippen LogP contribution in [-0.2, 0) is 4.74 Å².